The van der Waals surface area contributed by atoms with Crippen molar-refractivity contribution in [2.45, 2.75) is 25.9 Å². The quantitative estimate of drug-likeness (QED) is 0.136. The molecule has 1 aliphatic carbocycles. The second kappa shape index (κ2) is 12.4. The average Bonchev–Trinajstić information content (AvgIpc) is 3.45. The van der Waals surface area contributed by atoms with Crippen molar-refractivity contribution in [1.29, 1.82) is 0 Å². The van der Waals surface area contributed by atoms with Crippen LogP contribution in [-0.4, -0.2) is 20.6 Å². The van der Waals surface area contributed by atoms with Crippen molar-refractivity contribution in [3.05, 3.63) is 162 Å². The van der Waals surface area contributed by atoms with E-state index in [1.165, 1.54) is 11.1 Å². The summed E-state index contributed by atoms with van der Waals surface area (Å²) in [5.41, 5.74) is 11.2. The normalized spacial score (nSPS) is 16.3. The first kappa shape index (κ1) is 30.1. The number of aromatic nitrogens is 3. The topological polar surface area (TPSA) is 47.9 Å². The summed E-state index contributed by atoms with van der Waals surface area (Å²) in [6.45, 7) is 4.16. The number of allylic oxidation sites excluding steroid dienone is 4. The number of benzene rings is 5. The van der Waals surface area contributed by atoms with E-state index in [-0.39, 0.29) is 0 Å². The molecule has 1 aliphatic heterocycles. The maximum absolute atomic E-state index is 6.71. The third-order valence-corrected chi connectivity index (χ3v) is 9.27. The molecule has 1 unspecified atom stereocenters. The van der Waals surface area contributed by atoms with E-state index in [2.05, 4.69) is 110 Å². The molecule has 0 spiro atoms. The lowest BCUT2D eigenvalue weighted by molar-refractivity contribution is 0.167. The molecule has 0 bridgehead atoms. The van der Waals surface area contributed by atoms with Gasteiger partial charge < -0.3 is 4.74 Å². The largest absolute Gasteiger partial charge is 0.482 e. The van der Waals surface area contributed by atoms with E-state index < -0.39 is 5.60 Å². The highest BCUT2D eigenvalue weighted by Crippen LogP contribution is 2.52. The Bertz CT molecular complexity index is 2340. The SMILES string of the molecule is C#C/C=C(\C=C/C)c1ccc(-c2nc(-c3ccc(-c4ccccc4)cc3)nc(-c3cccc4c3C3=Cc5ccccc5CC3(C)O4)n2)cc1. The zero-order valence-corrected chi connectivity index (χ0v) is 27.4. The molecular formula is C45H33N3O. The van der Waals surface area contributed by atoms with Crippen LogP contribution in [0.1, 0.15) is 36.1 Å². The van der Waals surface area contributed by atoms with Gasteiger partial charge in [0.2, 0.25) is 0 Å². The lowest BCUT2D eigenvalue weighted by atomic mass is 9.78. The van der Waals surface area contributed by atoms with Crippen LogP contribution in [0, 0.1) is 12.3 Å². The van der Waals surface area contributed by atoms with Gasteiger partial charge in [0.05, 0.1) is 0 Å². The predicted octanol–water partition coefficient (Wildman–Crippen LogP) is 10.4. The van der Waals surface area contributed by atoms with E-state index in [1.54, 1.807) is 6.08 Å². The molecule has 4 heteroatoms. The Morgan fingerprint density at radius 1 is 0.714 bits per heavy atom. The Kier molecular flexibility index (Phi) is 7.59. The zero-order valence-electron chi connectivity index (χ0n) is 27.4. The van der Waals surface area contributed by atoms with Gasteiger partial charge in [-0.05, 0) is 65.5 Å². The third-order valence-electron chi connectivity index (χ3n) is 9.27. The fourth-order valence-corrected chi connectivity index (χ4v) is 6.86. The molecule has 6 aromatic rings. The van der Waals surface area contributed by atoms with Crippen LogP contribution in [0.2, 0.25) is 0 Å². The van der Waals surface area contributed by atoms with Crippen molar-refractivity contribution in [3.8, 4) is 63.4 Å². The predicted molar refractivity (Wildman–Crippen MR) is 200 cm³/mol. The molecule has 1 atom stereocenters. The second-order valence-corrected chi connectivity index (χ2v) is 12.5. The second-order valence-electron chi connectivity index (χ2n) is 12.5. The van der Waals surface area contributed by atoms with Crippen LogP contribution in [0.3, 0.4) is 0 Å². The molecule has 234 valence electrons. The van der Waals surface area contributed by atoms with Crippen LogP contribution in [0.5, 0.6) is 5.75 Å². The smallest absolute Gasteiger partial charge is 0.164 e. The Morgan fingerprint density at radius 2 is 1.35 bits per heavy atom. The Morgan fingerprint density at radius 3 is 2.06 bits per heavy atom. The number of hydrogen-bond donors (Lipinski definition) is 0. The van der Waals surface area contributed by atoms with Crippen LogP contribution in [0.4, 0.5) is 0 Å². The van der Waals surface area contributed by atoms with Crippen LogP contribution in [0.15, 0.2) is 140 Å². The highest BCUT2D eigenvalue weighted by Gasteiger charge is 2.44. The fraction of sp³-hybridized carbons (Fsp3) is 0.0889. The summed E-state index contributed by atoms with van der Waals surface area (Å²) in [7, 11) is 0. The van der Waals surface area contributed by atoms with Gasteiger partial charge in [0.1, 0.15) is 11.4 Å². The summed E-state index contributed by atoms with van der Waals surface area (Å²) >= 11 is 0. The van der Waals surface area contributed by atoms with Gasteiger partial charge in [-0.3, -0.25) is 0 Å². The van der Waals surface area contributed by atoms with Gasteiger partial charge in [0.25, 0.3) is 0 Å². The standard InChI is InChI=1S/C45H33N3O/c1-4-12-30(13-5-2)32-20-24-34(25-21-32)42-46-43(35-26-22-33(23-27-35)31-14-7-6-8-15-31)48-44(47-42)38-18-11-19-40-41(38)39-28-36-16-9-10-17-37(36)29-45(39,3)49-40/h1,5-28H,29H2,2-3H3/b13-5-,30-12+. The van der Waals surface area contributed by atoms with E-state index in [4.69, 9.17) is 26.1 Å². The van der Waals surface area contributed by atoms with Gasteiger partial charge in [-0.25, -0.2) is 15.0 Å². The number of terminal acetylenes is 1. The summed E-state index contributed by atoms with van der Waals surface area (Å²) in [5, 5.41) is 0. The van der Waals surface area contributed by atoms with Crippen LogP contribution < -0.4 is 4.74 Å². The average molecular weight is 632 g/mol. The molecule has 0 amide bonds. The molecule has 0 radical (unpaired) electrons. The van der Waals surface area contributed by atoms with Crippen LogP contribution in [0.25, 0.3) is 62.5 Å². The molecule has 49 heavy (non-hydrogen) atoms. The van der Waals surface area contributed by atoms with Crippen molar-refractivity contribution in [2.75, 3.05) is 0 Å². The van der Waals surface area contributed by atoms with Crippen molar-refractivity contribution < 1.29 is 4.74 Å². The Labute approximate surface area is 287 Å². The summed E-state index contributed by atoms with van der Waals surface area (Å²) in [5.74, 6) is 5.29. The minimum Gasteiger partial charge on any atom is -0.482 e. The first-order valence-corrected chi connectivity index (χ1v) is 16.5. The fourth-order valence-electron chi connectivity index (χ4n) is 6.86. The molecule has 0 N–H and O–H groups in total. The van der Waals surface area contributed by atoms with Gasteiger partial charge in [-0.1, -0.05) is 133 Å². The number of ether oxygens (including phenoxy) is 1. The molecule has 5 aromatic carbocycles. The first-order chi connectivity index (χ1) is 24.0. The van der Waals surface area contributed by atoms with Crippen molar-refractivity contribution in [2.24, 2.45) is 0 Å². The minimum atomic E-state index is -0.481. The molecule has 0 saturated heterocycles. The number of fused-ring (bicyclic) bond motifs is 4. The summed E-state index contributed by atoms with van der Waals surface area (Å²) in [6, 6.07) is 41.7. The van der Waals surface area contributed by atoms with Gasteiger partial charge in [-0.2, -0.15) is 0 Å². The van der Waals surface area contributed by atoms with Crippen molar-refractivity contribution in [1.82, 2.24) is 15.0 Å². The summed E-state index contributed by atoms with van der Waals surface area (Å²) < 4.78 is 6.71. The highest BCUT2D eigenvalue weighted by molar-refractivity contribution is 5.98. The first-order valence-electron chi connectivity index (χ1n) is 16.5. The molecule has 2 heterocycles. The van der Waals surface area contributed by atoms with E-state index in [0.717, 1.165) is 62.3 Å². The lowest BCUT2D eigenvalue weighted by Gasteiger charge is -2.30. The van der Waals surface area contributed by atoms with Gasteiger partial charge in [-0.15, -0.1) is 6.42 Å². The summed E-state index contributed by atoms with van der Waals surface area (Å²) in [6.07, 6.45) is 14.4. The van der Waals surface area contributed by atoms with E-state index >= 15 is 0 Å². The molecule has 1 aromatic heterocycles. The summed E-state index contributed by atoms with van der Waals surface area (Å²) in [4.78, 5) is 15.3. The van der Waals surface area contributed by atoms with E-state index in [9.17, 15) is 0 Å². The maximum Gasteiger partial charge on any atom is 0.164 e. The number of rotatable bonds is 6. The molecule has 4 nitrogen and oxygen atoms in total. The van der Waals surface area contributed by atoms with E-state index in [1.807, 2.05) is 49.4 Å². The number of hydrogen-bond acceptors (Lipinski definition) is 4. The Hall–Kier alpha value is -6.31. The maximum atomic E-state index is 6.71. The number of nitrogens with zero attached hydrogens (tertiary/aromatic N) is 3. The van der Waals surface area contributed by atoms with Gasteiger partial charge in [0, 0.05) is 34.2 Å². The highest BCUT2D eigenvalue weighted by atomic mass is 16.5. The van der Waals surface area contributed by atoms with Gasteiger partial charge >= 0.3 is 0 Å². The lowest BCUT2D eigenvalue weighted by Crippen LogP contribution is -2.34. The molecule has 2 aliphatic rings. The minimum absolute atomic E-state index is 0.481. The zero-order chi connectivity index (χ0) is 33.4. The molecule has 0 fully saturated rings. The van der Waals surface area contributed by atoms with Crippen LogP contribution in [-0.2, 0) is 6.42 Å². The molecule has 0 saturated carbocycles. The molecule has 8 rings (SSSR count). The van der Waals surface area contributed by atoms with E-state index in [0.29, 0.717) is 17.5 Å². The molecular weight excluding hydrogens is 599 g/mol. The van der Waals surface area contributed by atoms with Crippen molar-refractivity contribution >= 4 is 17.2 Å². The Balaban J connectivity index is 1.28. The van der Waals surface area contributed by atoms with Crippen LogP contribution >= 0.6 is 0 Å². The third kappa shape index (κ3) is 5.56. The van der Waals surface area contributed by atoms with Crippen molar-refractivity contribution in [3.63, 3.8) is 0 Å². The monoisotopic (exact) mass is 631 g/mol. The van der Waals surface area contributed by atoms with Gasteiger partial charge in [0.15, 0.2) is 17.5 Å².